The Morgan fingerprint density at radius 3 is 2.25 bits per heavy atom. The van der Waals surface area contributed by atoms with Crippen LogP contribution < -0.4 is 5.73 Å². The zero-order valence-corrected chi connectivity index (χ0v) is 10.1. The smallest absolute Gasteiger partial charge is 0.339 e. The number of carboxylic acid groups (broad SMARTS) is 1. The van der Waals surface area contributed by atoms with Gasteiger partial charge in [-0.1, -0.05) is 27.7 Å². The molecule has 1 aromatic heterocycles. The average molecular weight is 222 g/mol. The highest BCUT2D eigenvalue weighted by atomic mass is 16.4. The minimum atomic E-state index is -0.952. The van der Waals surface area contributed by atoms with Gasteiger partial charge in [0.25, 0.3) is 0 Å². The molecule has 4 nitrogen and oxygen atoms in total. The van der Waals surface area contributed by atoms with Gasteiger partial charge in [0.05, 0.1) is 0 Å². The number of anilines is 1. The van der Waals surface area contributed by atoms with Gasteiger partial charge in [-0.3, -0.25) is 0 Å². The minimum Gasteiger partial charge on any atom is -0.478 e. The molecule has 4 N–H and O–H groups in total. The molecule has 1 aliphatic carbocycles. The Morgan fingerprint density at radius 2 is 1.88 bits per heavy atom. The van der Waals surface area contributed by atoms with Gasteiger partial charge in [0.2, 0.25) is 0 Å². The molecular weight excluding hydrogens is 204 g/mol. The monoisotopic (exact) mass is 222 g/mol. The predicted molar refractivity (Wildman–Crippen MR) is 62.5 cm³/mol. The van der Waals surface area contributed by atoms with Crippen molar-refractivity contribution < 1.29 is 9.90 Å². The minimum absolute atomic E-state index is 0.117. The lowest BCUT2D eigenvalue weighted by molar-refractivity contribution is 0.0697. The summed E-state index contributed by atoms with van der Waals surface area (Å²) in [5, 5.41) is 9.15. The van der Waals surface area contributed by atoms with E-state index in [1.165, 1.54) is 0 Å². The molecule has 4 heteroatoms. The molecule has 0 unspecified atom stereocenters. The van der Waals surface area contributed by atoms with Crippen LogP contribution in [0.3, 0.4) is 0 Å². The first-order valence-electron chi connectivity index (χ1n) is 5.41. The number of H-pyrrole nitrogens is 1. The standard InChI is InChI=1S/C12H18N2O2/c1-11(2)8(12(11,3)4)6-5-14-9(13)7(6)10(15)16/h5,8,14H,13H2,1-4H3,(H,15,16). The molecule has 0 radical (unpaired) electrons. The molecule has 0 atom stereocenters. The van der Waals surface area contributed by atoms with Crippen LogP contribution in [-0.4, -0.2) is 16.1 Å². The number of hydrogen-bond donors (Lipinski definition) is 3. The van der Waals surface area contributed by atoms with Crippen LogP contribution in [0.5, 0.6) is 0 Å². The molecule has 0 aromatic carbocycles. The topological polar surface area (TPSA) is 79.1 Å². The maximum absolute atomic E-state index is 11.2. The Hall–Kier alpha value is -1.45. The van der Waals surface area contributed by atoms with Crippen molar-refractivity contribution in [2.45, 2.75) is 33.6 Å². The predicted octanol–water partition coefficient (Wildman–Crippen LogP) is 2.44. The van der Waals surface area contributed by atoms with E-state index in [1.807, 2.05) is 0 Å². The van der Waals surface area contributed by atoms with E-state index in [4.69, 9.17) is 10.8 Å². The summed E-state index contributed by atoms with van der Waals surface area (Å²) in [6.45, 7) is 8.64. The van der Waals surface area contributed by atoms with Crippen LogP contribution in [0, 0.1) is 10.8 Å². The highest BCUT2D eigenvalue weighted by molar-refractivity contribution is 5.95. The highest BCUT2D eigenvalue weighted by Gasteiger charge is 2.66. The normalized spacial score (nSPS) is 22.0. The molecule has 0 spiro atoms. The first kappa shape index (κ1) is 11.0. The Balaban J connectivity index is 2.49. The third kappa shape index (κ3) is 1.13. The van der Waals surface area contributed by atoms with Crippen molar-refractivity contribution in [1.82, 2.24) is 4.98 Å². The summed E-state index contributed by atoms with van der Waals surface area (Å²) in [4.78, 5) is 14.0. The second-order valence-corrected chi connectivity index (χ2v) is 5.71. The lowest BCUT2D eigenvalue weighted by Gasteiger charge is -2.03. The lowest BCUT2D eigenvalue weighted by atomic mass is 10.0. The third-order valence-corrected chi connectivity index (χ3v) is 4.49. The van der Waals surface area contributed by atoms with Crippen LogP contribution in [0.2, 0.25) is 0 Å². The molecule has 0 saturated heterocycles. The van der Waals surface area contributed by atoms with Gasteiger partial charge in [-0.15, -0.1) is 0 Å². The van der Waals surface area contributed by atoms with Gasteiger partial charge in [-0.05, 0) is 22.3 Å². The Bertz CT molecular complexity index is 444. The van der Waals surface area contributed by atoms with Crippen molar-refractivity contribution in [3.05, 3.63) is 17.3 Å². The summed E-state index contributed by atoms with van der Waals surface area (Å²) >= 11 is 0. The van der Waals surface area contributed by atoms with Crippen molar-refractivity contribution in [1.29, 1.82) is 0 Å². The number of carboxylic acids is 1. The number of nitrogen functional groups attached to an aromatic ring is 1. The van der Waals surface area contributed by atoms with E-state index in [0.29, 0.717) is 0 Å². The molecule has 0 aliphatic heterocycles. The lowest BCUT2D eigenvalue weighted by Crippen LogP contribution is -2.04. The van der Waals surface area contributed by atoms with Gasteiger partial charge in [0.15, 0.2) is 0 Å². The van der Waals surface area contributed by atoms with E-state index in [0.717, 1.165) is 5.56 Å². The molecule has 0 bridgehead atoms. The second-order valence-electron chi connectivity index (χ2n) is 5.71. The number of aromatic carboxylic acids is 1. The van der Waals surface area contributed by atoms with E-state index in [2.05, 4.69) is 32.7 Å². The molecule has 1 heterocycles. The number of carbonyl (C=O) groups is 1. The largest absolute Gasteiger partial charge is 0.478 e. The van der Waals surface area contributed by atoms with Crippen molar-refractivity contribution >= 4 is 11.8 Å². The molecule has 1 fully saturated rings. The van der Waals surface area contributed by atoms with Gasteiger partial charge in [0.1, 0.15) is 11.4 Å². The summed E-state index contributed by atoms with van der Waals surface area (Å²) in [5.74, 6) is -0.451. The zero-order chi connectivity index (χ0) is 12.3. The molecule has 16 heavy (non-hydrogen) atoms. The van der Waals surface area contributed by atoms with Gasteiger partial charge < -0.3 is 15.8 Å². The number of hydrogen-bond acceptors (Lipinski definition) is 2. The van der Waals surface area contributed by atoms with Crippen LogP contribution >= 0.6 is 0 Å². The van der Waals surface area contributed by atoms with Crippen LogP contribution in [-0.2, 0) is 0 Å². The van der Waals surface area contributed by atoms with E-state index in [-0.39, 0.29) is 28.1 Å². The first-order chi connectivity index (χ1) is 7.21. The maximum Gasteiger partial charge on any atom is 0.339 e. The van der Waals surface area contributed by atoms with Crippen molar-refractivity contribution in [2.24, 2.45) is 10.8 Å². The highest BCUT2D eigenvalue weighted by Crippen LogP contribution is 2.74. The number of nitrogens with one attached hydrogen (secondary N) is 1. The first-order valence-corrected chi connectivity index (χ1v) is 5.41. The van der Waals surface area contributed by atoms with Gasteiger partial charge in [-0.25, -0.2) is 4.79 Å². The fraction of sp³-hybridized carbons (Fsp3) is 0.583. The fourth-order valence-electron chi connectivity index (χ4n) is 2.90. The van der Waals surface area contributed by atoms with E-state index >= 15 is 0 Å². The molecule has 1 aromatic rings. The van der Waals surface area contributed by atoms with Crippen LogP contribution in [0.15, 0.2) is 6.20 Å². The molecule has 1 aliphatic rings. The summed E-state index contributed by atoms with van der Waals surface area (Å²) in [6.07, 6.45) is 1.74. The fourth-order valence-corrected chi connectivity index (χ4v) is 2.90. The van der Waals surface area contributed by atoms with Crippen molar-refractivity contribution in [2.75, 3.05) is 5.73 Å². The Morgan fingerprint density at radius 1 is 1.38 bits per heavy atom. The van der Waals surface area contributed by atoms with E-state index in [9.17, 15) is 4.79 Å². The van der Waals surface area contributed by atoms with Crippen molar-refractivity contribution in [3.63, 3.8) is 0 Å². The van der Waals surface area contributed by atoms with Gasteiger partial charge in [0, 0.05) is 6.20 Å². The zero-order valence-electron chi connectivity index (χ0n) is 10.1. The summed E-state index contributed by atoms with van der Waals surface area (Å²) in [5.41, 5.74) is 6.96. The third-order valence-electron chi connectivity index (χ3n) is 4.49. The van der Waals surface area contributed by atoms with Gasteiger partial charge in [-0.2, -0.15) is 0 Å². The summed E-state index contributed by atoms with van der Waals surface area (Å²) in [6, 6.07) is 0. The van der Waals surface area contributed by atoms with Crippen LogP contribution in [0.25, 0.3) is 0 Å². The Labute approximate surface area is 94.8 Å². The SMILES string of the molecule is CC1(C)C(c2c[nH]c(N)c2C(=O)O)C1(C)C. The quantitative estimate of drug-likeness (QED) is 0.719. The maximum atomic E-state index is 11.2. The van der Waals surface area contributed by atoms with E-state index in [1.54, 1.807) is 6.20 Å². The van der Waals surface area contributed by atoms with E-state index < -0.39 is 5.97 Å². The molecule has 0 amide bonds. The van der Waals surface area contributed by atoms with Crippen LogP contribution in [0.4, 0.5) is 5.82 Å². The number of aromatic nitrogens is 1. The summed E-state index contributed by atoms with van der Waals surface area (Å²) in [7, 11) is 0. The van der Waals surface area contributed by atoms with Crippen LogP contribution in [0.1, 0.15) is 49.5 Å². The molecule has 1 saturated carbocycles. The molecule has 2 rings (SSSR count). The van der Waals surface area contributed by atoms with Gasteiger partial charge >= 0.3 is 5.97 Å². The molecule has 88 valence electrons. The molecular formula is C12H18N2O2. The number of aromatic amines is 1. The average Bonchev–Trinajstić information content (AvgIpc) is 2.42. The Kier molecular flexibility index (Phi) is 1.94. The van der Waals surface area contributed by atoms with Crippen molar-refractivity contribution in [3.8, 4) is 0 Å². The summed E-state index contributed by atoms with van der Waals surface area (Å²) < 4.78 is 0. The number of nitrogens with two attached hydrogens (primary N) is 1. The second kappa shape index (κ2) is 2.81. The number of rotatable bonds is 2.